The Morgan fingerprint density at radius 3 is 2.71 bits per heavy atom. The highest BCUT2D eigenvalue weighted by atomic mass is 79.9. The molecule has 2 heterocycles. The maximum absolute atomic E-state index is 6.36. The zero-order valence-corrected chi connectivity index (χ0v) is 17.7. The zero-order chi connectivity index (χ0) is 19.3. The van der Waals surface area contributed by atoms with E-state index in [0.717, 1.165) is 28.8 Å². The highest BCUT2D eigenvalue weighted by molar-refractivity contribution is 9.10. The van der Waals surface area contributed by atoms with Gasteiger partial charge in [-0.1, -0.05) is 66.2 Å². The molecule has 0 saturated heterocycles. The lowest BCUT2D eigenvalue weighted by atomic mass is 9.95. The third-order valence-corrected chi connectivity index (χ3v) is 6.08. The second-order valence-electron chi connectivity index (χ2n) is 8.09. The zero-order valence-electron chi connectivity index (χ0n) is 16.1. The number of halogens is 1. The van der Waals surface area contributed by atoms with Crippen LogP contribution >= 0.6 is 15.9 Å². The van der Waals surface area contributed by atoms with E-state index in [9.17, 15) is 0 Å². The van der Waals surface area contributed by atoms with Crippen molar-refractivity contribution in [2.75, 3.05) is 0 Å². The summed E-state index contributed by atoms with van der Waals surface area (Å²) in [5.74, 6) is 1.53. The first-order valence-corrected chi connectivity index (χ1v) is 10.7. The fourth-order valence-corrected chi connectivity index (χ4v) is 4.61. The van der Waals surface area contributed by atoms with Gasteiger partial charge in [-0.15, -0.1) is 0 Å². The standard InChI is InChI=1S/C24H23BrN2O/c1-15(2)11-24-27-22(20-13-19(25)9-10-23(20)28-24)14-21(26-27)18-8-7-16-5-3-4-6-17(16)12-18/h3-10,12-13,15,22,24H,11,14H2,1-2H3/t22-,24-/m1/s1. The van der Waals surface area contributed by atoms with E-state index in [1.165, 1.54) is 21.9 Å². The Bertz CT molecular complexity index is 1080. The average Bonchev–Trinajstić information content (AvgIpc) is 3.14. The third kappa shape index (κ3) is 3.10. The molecule has 3 nitrogen and oxygen atoms in total. The number of fused-ring (bicyclic) bond motifs is 4. The number of nitrogens with zero attached hydrogens (tertiary/aromatic N) is 2. The second kappa shape index (κ2) is 6.93. The summed E-state index contributed by atoms with van der Waals surface area (Å²) in [5.41, 5.74) is 3.56. The molecule has 0 aliphatic carbocycles. The van der Waals surface area contributed by atoms with Crippen molar-refractivity contribution >= 4 is 32.4 Å². The molecule has 2 atom stereocenters. The molecule has 0 radical (unpaired) electrons. The van der Waals surface area contributed by atoms with Crippen molar-refractivity contribution in [1.29, 1.82) is 0 Å². The van der Waals surface area contributed by atoms with Crippen LogP contribution < -0.4 is 4.74 Å². The number of hydrazone groups is 1. The van der Waals surface area contributed by atoms with Gasteiger partial charge in [-0.3, -0.25) is 5.01 Å². The molecular formula is C24H23BrN2O. The normalized spacial score (nSPS) is 20.7. The molecule has 3 aromatic rings. The molecule has 3 aromatic carbocycles. The van der Waals surface area contributed by atoms with E-state index < -0.39 is 0 Å². The van der Waals surface area contributed by atoms with Gasteiger partial charge in [0, 0.05) is 22.9 Å². The van der Waals surface area contributed by atoms with E-state index in [-0.39, 0.29) is 12.3 Å². The average molecular weight is 435 g/mol. The lowest BCUT2D eigenvalue weighted by Gasteiger charge is -2.38. The van der Waals surface area contributed by atoms with Crippen LogP contribution in [0.5, 0.6) is 5.75 Å². The van der Waals surface area contributed by atoms with Crippen molar-refractivity contribution in [3.63, 3.8) is 0 Å². The Kier molecular flexibility index (Phi) is 4.39. The molecule has 2 aliphatic heterocycles. The predicted molar refractivity (Wildman–Crippen MR) is 118 cm³/mol. The number of benzene rings is 3. The minimum absolute atomic E-state index is 0.0170. The van der Waals surface area contributed by atoms with Crippen LogP contribution in [0.3, 0.4) is 0 Å². The Labute approximate surface area is 174 Å². The summed E-state index contributed by atoms with van der Waals surface area (Å²) in [6.45, 7) is 4.47. The Morgan fingerprint density at radius 1 is 1.07 bits per heavy atom. The topological polar surface area (TPSA) is 24.8 Å². The van der Waals surface area contributed by atoms with Gasteiger partial charge < -0.3 is 4.74 Å². The van der Waals surface area contributed by atoms with Gasteiger partial charge in [-0.05, 0) is 46.5 Å². The summed E-state index contributed by atoms with van der Waals surface area (Å²) in [4.78, 5) is 0. The van der Waals surface area contributed by atoms with E-state index in [2.05, 4.69) is 95.5 Å². The van der Waals surface area contributed by atoms with E-state index in [1.54, 1.807) is 0 Å². The Hall–Kier alpha value is -2.33. The van der Waals surface area contributed by atoms with Crippen molar-refractivity contribution in [3.8, 4) is 5.75 Å². The van der Waals surface area contributed by atoms with Crippen molar-refractivity contribution in [1.82, 2.24) is 5.01 Å². The van der Waals surface area contributed by atoms with Gasteiger partial charge in [0.25, 0.3) is 0 Å². The van der Waals surface area contributed by atoms with Crippen LogP contribution in [0, 0.1) is 5.92 Å². The van der Waals surface area contributed by atoms with E-state index in [1.807, 2.05) is 0 Å². The molecule has 142 valence electrons. The monoisotopic (exact) mass is 434 g/mol. The first-order chi connectivity index (χ1) is 13.6. The van der Waals surface area contributed by atoms with Crippen LogP contribution in [0.1, 0.15) is 43.9 Å². The molecule has 2 aliphatic rings. The smallest absolute Gasteiger partial charge is 0.188 e. The van der Waals surface area contributed by atoms with Crippen LogP contribution in [-0.4, -0.2) is 16.9 Å². The maximum atomic E-state index is 6.36. The second-order valence-corrected chi connectivity index (χ2v) is 9.01. The van der Waals surface area contributed by atoms with Crippen LogP contribution in [0.15, 0.2) is 70.2 Å². The van der Waals surface area contributed by atoms with Crippen LogP contribution in [0.2, 0.25) is 0 Å². The van der Waals surface area contributed by atoms with Crippen molar-refractivity contribution < 1.29 is 4.74 Å². The molecule has 0 N–H and O–H groups in total. The molecule has 5 rings (SSSR count). The van der Waals surface area contributed by atoms with E-state index in [4.69, 9.17) is 9.84 Å². The molecule has 28 heavy (non-hydrogen) atoms. The van der Waals surface area contributed by atoms with Crippen LogP contribution in [0.25, 0.3) is 10.8 Å². The molecule has 0 spiro atoms. The minimum atomic E-state index is -0.0170. The quantitative estimate of drug-likeness (QED) is 0.468. The fourth-order valence-electron chi connectivity index (χ4n) is 4.24. The Morgan fingerprint density at radius 2 is 1.89 bits per heavy atom. The van der Waals surface area contributed by atoms with Crippen LogP contribution in [0.4, 0.5) is 0 Å². The molecule has 0 unspecified atom stereocenters. The van der Waals surface area contributed by atoms with E-state index in [0.29, 0.717) is 5.92 Å². The summed E-state index contributed by atoms with van der Waals surface area (Å²) < 4.78 is 7.44. The van der Waals surface area contributed by atoms with Gasteiger partial charge in [0.15, 0.2) is 6.23 Å². The molecule has 0 amide bonds. The number of hydrogen-bond donors (Lipinski definition) is 0. The number of ether oxygens (including phenoxy) is 1. The molecule has 4 heteroatoms. The summed E-state index contributed by atoms with van der Waals surface area (Å²) in [5, 5.41) is 9.77. The lowest BCUT2D eigenvalue weighted by Crippen LogP contribution is -2.41. The van der Waals surface area contributed by atoms with Gasteiger partial charge in [0.1, 0.15) is 5.75 Å². The van der Waals surface area contributed by atoms with Gasteiger partial charge in [0.2, 0.25) is 0 Å². The SMILES string of the molecule is CC(C)C[C@H]1Oc2ccc(Br)cc2[C@H]2CC(c3ccc4ccccc4c3)=NN21. The van der Waals surface area contributed by atoms with Crippen molar-refractivity contribution in [2.24, 2.45) is 11.0 Å². The van der Waals surface area contributed by atoms with Crippen molar-refractivity contribution in [2.45, 2.75) is 39.0 Å². The van der Waals surface area contributed by atoms with Gasteiger partial charge in [-0.2, -0.15) is 5.10 Å². The predicted octanol–water partition coefficient (Wildman–Crippen LogP) is 6.52. The third-order valence-electron chi connectivity index (χ3n) is 5.59. The minimum Gasteiger partial charge on any atom is -0.469 e. The molecule has 0 aromatic heterocycles. The fraction of sp³-hybridized carbons (Fsp3) is 0.292. The highest BCUT2D eigenvalue weighted by Crippen LogP contribution is 2.45. The molecule has 0 fully saturated rings. The highest BCUT2D eigenvalue weighted by Gasteiger charge is 2.40. The first kappa shape index (κ1) is 17.7. The summed E-state index contributed by atoms with van der Waals surface area (Å²) in [6, 6.07) is 21.7. The van der Waals surface area contributed by atoms with Crippen molar-refractivity contribution in [3.05, 3.63) is 76.3 Å². The van der Waals surface area contributed by atoms with E-state index >= 15 is 0 Å². The summed E-state index contributed by atoms with van der Waals surface area (Å²) in [7, 11) is 0. The summed E-state index contributed by atoms with van der Waals surface area (Å²) in [6.07, 6.45) is 1.84. The van der Waals surface area contributed by atoms with Crippen LogP contribution in [-0.2, 0) is 0 Å². The first-order valence-electron chi connectivity index (χ1n) is 9.89. The summed E-state index contributed by atoms with van der Waals surface area (Å²) >= 11 is 3.62. The maximum Gasteiger partial charge on any atom is 0.188 e. The van der Waals surface area contributed by atoms with Gasteiger partial charge >= 0.3 is 0 Å². The number of hydrogen-bond acceptors (Lipinski definition) is 3. The largest absolute Gasteiger partial charge is 0.469 e. The Balaban J connectivity index is 1.55. The lowest BCUT2D eigenvalue weighted by molar-refractivity contribution is -0.0291. The molecular weight excluding hydrogens is 412 g/mol. The van der Waals surface area contributed by atoms with Gasteiger partial charge in [-0.25, -0.2) is 0 Å². The molecule has 0 saturated carbocycles. The van der Waals surface area contributed by atoms with Gasteiger partial charge in [0.05, 0.1) is 11.8 Å². The number of rotatable bonds is 3. The molecule has 0 bridgehead atoms.